The van der Waals surface area contributed by atoms with Crippen LogP contribution in [0, 0.1) is 0 Å². The molecule has 35 heavy (non-hydrogen) atoms. The summed E-state index contributed by atoms with van der Waals surface area (Å²) in [5.74, 6) is -0.383. The van der Waals surface area contributed by atoms with Gasteiger partial charge < -0.3 is 25.0 Å². The largest absolute Gasteiger partial charge is 0.466 e. The Hall–Kier alpha value is -2.82. The number of aromatic nitrogens is 2. The van der Waals surface area contributed by atoms with Gasteiger partial charge in [0.2, 0.25) is 0 Å². The number of aliphatic hydroxyl groups excluding tert-OH is 1. The van der Waals surface area contributed by atoms with Crippen LogP contribution in [0.25, 0.3) is 11.0 Å². The Labute approximate surface area is 205 Å². The van der Waals surface area contributed by atoms with E-state index in [2.05, 4.69) is 28.9 Å². The molecule has 1 aliphatic heterocycles. The highest BCUT2D eigenvalue weighted by Crippen LogP contribution is 2.32. The Morgan fingerprint density at radius 1 is 1.29 bits per heavy atom. The highest BCUT2D eigenvalue weighted by Gasteiger charge is 2.37. The maximum atomic E-state index is 13.9. The van der Waals surface area contributed by atoms with Gasteiger partial charge in [0, 0.05) is 24.5 Å². The van der Waals surface area contributed by atoms with E-state index in [-0.39, 0.29) is 73.3 Å². The van der Waals surface area contributed by atoms with Crippen molar-refractivity contribution in [3.63, 3.8) is 0 Å². The minimum Gasteiger partial charge on any atom is -0.466 e. The van der Waals surface area contributed by atoms with Crippen molar-refractivity contribution in [3.8, 4) is 0 Å². The Bertz CT molecular complexity index is 1100. The first-order valence-corrected chi connectivity index (χ1v) is 12.3. The van der Waals surface area contributed by atoms with Gasteiger partial charge >= 0.3 is 5.97 Å². The molecular weight excluding hydrogens is 450 g/mol. The molecule has 1 aromatic heterocycles. The number of benzene rings is 1. The van der Waals surface area contributed by atoms with E-state index in [4.69, 9.17) is 15.3 Å². The van der Waals surface area contributed by atoms with Crippen LogP contribution in [-0.4, -0.2) is 69.8 Å². The lowest BCUT2D eigenvalue weighted by Gasteiger charge is -2.46. The molecule has 2 aromatic rings. The standard InChI is InChI=1S/C25H37N5O5/c1-5-16(3)29-18(15-31)13-17(14-22(29)26)30-21-10-8-7-9-19(21)27-24(25(30)33)20(28-34-4)11-12-23(32)35-6-2/h7-10,16-18,22,31H,5-6,11-15,26H2,1-4H3. The third kappa shape index (κ3) is 5.88. The van der Waals surface area contributed by atoms with E-state index < -0.39 is 0 Å². The number of para-hydroxylation sites is 2. The van der Waals surface area contributed by atoms with Crippen LogP contribution in [0.4, 0.5) is 0 Å². The summed E-state index contributed by atoms with van der Waals surface area (Å²) in [6.45, 7) is 6.17. The molecule has 1 aromatic carbocycles. The van der Waals surface area contributed by atoms with Crippen molar-refractivity contribution in [2.75, 3.05) is 20.3 Å². The van der Waals surface area contributed by atoms with Crippen molar-refractivity contribution in [2.45, 2.75) is 77.2 Å². The number of carbonyl (C=O) groups is 1. The van der Waals surface area contributed by atoms with Gasteiger partial charge in [0.15, 0.2) is 5.69 Å². The Morgan fingerprint density at radius 3 is 2.69 bits per heavy atom. The van der Waals surface area contributed by atoms with Crippen LogP contribution in [0.5, 0.6) is 0 Å². The SMILES string of the molecule is CCOC(=O)CCC(=NOC)c1nc2ccccc2n(C2CC(N)N(C(C)CC)C(CO)C2)c1=O. The van der Waals surface area contributed by atoms with Gasteiger partial charge in [0.1, 0.15) is 12.8 Å². The second-order valence-electron chi connectivity index (χ2n) is 8.88. The molecule has 10 nitrogen and oxygen atoms in total. The number of nitrogens with two attached hydrogens (primary N) is 1. The normalized spacial score (nSPS) is 22.2. The Morgan fingerprint density at radius 2 is 2.03 bits per heavy atom. The maximum absolute atomic E-state index is 13.9. The third-order valence-electron chi connectivity index (χ3n) is 6.68. The topological polar surface area (TPSA) is 132 Å². The van der Waals surface area contributed by atoms with Crippen molar-refractivity contribution in [2.24, 2.45) is 10.9 Å². The van der Waals surface area contributed by atoms with E-state index in [0.29, 0.717) is 23.9 Å². The van der Waals surface area contributed by atoms with Gasteiger partial charge in [0.25, 0.3) is 5.56 Å². The number of hydrogen-bond donors (Lipinski definition) is 2. The smallest absolute Gasteiger partial charge is 0.306 e. The third-order valence-corrected chi connectivity index (χ3v) is 6.68. The number of rotatable bonds is 10. The minimum absolute atomic E-state index is 0.0465. The van der Waals surface area contributed by atoms with E-state index in [9.17, 15) is 14.7 Å². The number of carbonyl (C=O) groups excluding carboxylic acids is 1. The predicted octanol–water partition coefficient (Wildman–Crippen LogP) is 2.17. The van der Waals surface area contributed by atoms with Crippen molar-refractivity contribution in [1.29, 1.82) is 0 Å². The van der Waals surface area contributed by atoms with Gasteiger partial charge in [-0.3, -0.25) is 14.5 Å². The van der Waals surface area contributed by atoms with Crippen LogP contribution < -0.4 is 11.3 Å². The van der Waals surface area contributed by atoms with Crippen LogP contribution in [0.15, 0.2) is 34.2 Å². The second-order valence-corrected chi connectivity index (χ2v) is 8.88. The summed E-state index contributed by atoms with van der Waals surface area (Å²) in [6.07, 6.45) is 1.93. The van der Waals surface area contributed by atoms with Crippen LogP contribution in [0.2, 0.25) is 0 Å². The molecule has 4 unspecified atom stereocenters. The Kier molecular flexibility index (Phi) is 9.36. The first kappa shape index (κ1) is 26.8. The van der Waals surface area contributed by atoms with Crippen molar-refractivity contribution in [3.05, 3.63) is 40.3 Å². The number of piperidine rings is 1. The molecule has 4 atom stereocenters. The van der Waals surface area contributed by atoms with Gasteiger partial charge in [-0.15, -0.1) is 0 Å². The van der Waals surface area contributed by atoms with Gasteiger partial charge in [-0.1, -0.05) is 24.2 Å². The molecule has 10 heteroatoms. The zero-order valence-electron chi connectivity index (χ0n) is 21.0. The summed E-state index contributed by atoms with van der Waals surface area (Å²) in [7, 11) is 1.39. The van der Waals surface area contributed by atoms with E-state index in [0.717, 1.165) is 6.42 Å². The van der Waals surface area contributed by atoms with Crippen molar-refractivity contribution in [1.82, 2.24) is 14.5 Å². The number of likely N-dealkylation sites (tertiary alicyclic amines) is 1. The lowest BCUT2D eigenvalue weighted by molar-refractivity contribution is -0.142. The average molecular weight is 488 g/mol. The summed E-state index contributed by atoms with van der Waals surface area (Å²) < 4.78 is 6.75. The fourth-order valence-electron chi connectivity index (χ4n) is 4.96. The molecule has 0 aliphatic carbocycles. The second kappa shape index (κ2) is 12.2. The number of aliphatic hydroxyl groups is 1. The molecule has 192 valence electrons. The number of oxime groups is 1. The first-order chi connectivity index (χ1) is 16.9. The quantitative estimate of drug-likeness (QED) is 0.296. The van der Waals surface area contributed by atoms with Crippen LogP contribution in [0.1, 0.15) is 64.6 Å². The maximum Gasteiger partial charge on any atom is 0.306 e. The van der Waals surface area contributed by atoms with E-state index >= 15 is 0 Å². The van der Waals surface area contributed by atoms with Gasteiger partial charge in [0.05, 0.1) is 36.8 Å². The molecule has 3 rings (SSSR count). The fourth-order valence-corrected chi connectivity index (χ4v) is 4.96. The first-order valence-electron chi connectivity index (χ1n) is 12.3. The molecular formula is C25H37N5O5. The zero-order chi connectivity index (χ0) is 25.5. The van der Waals surface area contributed by atoms with Crippen LogP contribution >= 0.6 is 0 Å². The molecule has 3 N–H and O–H groups in total. The van der Waals surface area contributed by atoms with Gasteiger partial charge in [-0.2, -0.15) is 0 Å². The van der Waals surface area contributed by atoms with Gasteiger partial charge in [-0.25, -0.2) is 4.98 Å². The van der Waals surface area contributed by atoms with Gasteiger partial charge in [-0.05, 0) is 45.2 Å². The number of esters is 1. The Balaban J connectivity index is 2.08. The van der Waals surface area contributed by atoms with E-state index in [1.165, 1.54) is 7.11 Å². The molecule has 1 aliphatic rings. The number of hydrogen-bond acceptors (Lipinski definition) is 9. The molecule has 0 spiro atoms. The molecule has 0 bridgehead atoms. The lowest BCUT2D eigenvalue weighted by Crippen LogP contribution is -2.58. The molecule has 1 fully saturated rings. The summed E-state index contributed by atoms with van der Waals surface area (Å²) in [5.41, 5.74) is 7.99. The zero-order valence-corrected chi connectivity index (χ0v) is 21.0. The summed E-state index contributed by atoms with van der Waals surface area (Å²) in [4.78, 5) is 37.6. The lowest BCUT2D eigenvalue weighted by atomic mass is 9.92. The molecule has 1 saturated heterocycles. The molecule has 2 heterocycles. The van der Waals surface area contributed by atoms with E-state index in [1.54, 1.807) is 11.5 Å². The molecule has 0 amide bonds. The summed E-state index contributed by atoms with van der Waals surface area (Å²) in [5, 5.41) is 14.2. The number of nitrogens with zero attached hydrogens (tertiary/aromatic N) is 4. The molecule has 0 saturated carbocycles. The summed E-state index contributed by atoms with van der Waals surface area (Å²) >= 11 is 0. The van der Waals surface area contributed by atoms with Crippen molar-refractivity contribution < 1.29 is 19.5 Å². The highest BCUT2D eigenvalue weighted by molar-refractivity contribution is 6.00. The van der Waals surface area contributed by atoms with E-state index in [1.807, 2.05) is 24.3 Å². The van der Waals surface area contributed by atoms with Crippen LogP contribution in [0.3, 0.4) is 0 Å². The minimum atomic E-state index is -0.383. The van der Waals surface area contributed by atoms with Crippen LogP contribution in [-0.2, 0) is 14.4 Å². The average Bonchev–Trinajstić information content (AvgIpc) is 2.85. The molecule has 0 radical (unpaired) electrons. The number of ether oxygens (including phenoxy) is 1. The highest BCUT2D eigenvalue weighted by atomic mass is 16.6. The summed E-state index contributed by atoms with van der Waals surface area (Å²) in [6, 6.07) is 7.22. The number of fused-ring (bicyclic) bond motifs is 1. The monoisotopic (exact) mass is 487 g/mol. The van der Waals surface area contributed by atoms with Crippen molar-refractivity contribution >= 4 is 22.7 Å². The fraction of sp³-hybridized carbons (Fsp3) is 0.600. The predicted molar refractivity (Wildman–Crippen MR) is 134 cm³/mol.